The Morgan fingerprint density at radius 1 is 1.00 bits per heavy atom. The number of nitrogens with zero attached hydrogens (tertiary/aromatic N) is 4. The van der Waals surface area contributed by atoms with Crippen LogP contribution in [-0.4, -0.2) is 32.4 Å². The number of methoxy groups -OCH3 is 1. The summed E-state index contributed by atoms with van der Waals surface area (Å²) in [5, 5.41) is 8.16. The highest BCUT2D eigenvalue weighted by Crippen LogP contribution is 2.39. The number of aryl methyl sites for hydroxylation is 2. The van der Waals surface area contributed by atoms with Crippen LogP contribution in [0.1, 0.15) is 41.0 Å². The molecule has 0 aliphatic carbocycles. The van der Waals surface area contributed by atoms with Gasteiger partial charge in [0.1, 0.15) is 11.6 Å². The second kappa shape index (κ2) is 10.2. The molecule has 2 aromatic heterocycles. The van der Waals surface area contributed by atoms with E-state index in [1.165, 1.54) is 0 Å². The van der Waals surface area contributed by atoms with Gasteiger partial charge in [0.05, 0.1) is 36.8 Å². The molecule has 0 unspecified atom stereocenters. The zero-order chi connectivity index (χ0) is 26.9. The first-order chi connectivity index (χ1) is 19.1. The summed E-state index contributed by atoms with van der Waals surface area (Å²) in [6, 6.07) is 29.6. The molecule has 0 fully saturated rings. The average Bonchev–Trinajstić information content (AvgIpc) is 3.54. The van der Waals surface area contributed by atoms with Gasteiger partial charge in [-0.15, -0.1) is 0 Å². The number of para-hydroxylation sites is 1. The lowest BCUT2D eigenvalue weighted by Gasteiger charge is -2.31. The number of hydrogen-bond acceptors (Lipinski definition) is 3. The van der Waals surface area contributed by atoms with Crippen LogP contribution in [0.15, 0.2) is 97.2 Å². The number of aromatic nitrogens is 3. The third-order valence-electron chi connectivity index (χ3n) is 7.24. The van der Waals surface area contributed by atoms with Crippen LogP contribution in [0.2, 0.25) is 0 Å². The highest BCUT2D eigenvalue weighted by molar-refractivity contribution is 5.90. The summed E-state index contributed by atoms with van der Waals surface area (Å²) in [6.07, 6.45) is 2.82. The van der Waals surface area contributed by atoms with Crippen LogP contribution >= 0.6 is 0 Å². The molecule has 7 heteroatoms. The molecule has 3 aromatic carbocycles. The maximum atomic E-state index is 14.1. The van der Waals surface area contributed by atoms with E-state index in [9.17, 15) is 4.79 Å². The Kier molecular flexibility index (Phi) is 6.40. The quantitative estimate of drug-likeness (QED) is 0.283. The normalized spacial score (nSPS) is 14.3. The lowest BCUT2D eigenvalue weighted by molar-refractivity contribution is 0.194. The number of carbonyl (C=O) groups is 1. The standard InChI is InChI=1S/C32H31N5O2/c1-4-28-27-21-36(32(38)33-24-13-9-16-26(20-24)39-3)30(23-12-8-11-22(2)19-23)29-17-10-18-35(29)31(27)37(34-28)25-14-6-5-7-15-25/h5-20,30H,4,21H2,1-3H3,(H,33,38)/t30-/m0/s1. The molecule has 1 atom stereocenters. The minimum absolute atomic E-state index is 0.190. The van der Waals surface area contributed by atoms with Gasteiger partial charge in [0, 0.05) is 23.5 Å². The topological polar surface area (TPSA) is 64.3 Å². The lowest BCUT2D eigenvalue weighted by atomic mass is 10.00. The Morgan fingerprint density at radius 3 is 2.59 bits per heavy atom. The summed E-state index contributed by atoms with van der Waals surface area (Å²) in [7, 11) is 1.62. The van der Waals surface area contributed by atoms with Gasteiger partial charge in [0.25, 0.3) is 0 Å². The van der Waals surface area contributed by atoms with Gasteiger partial charge in [-0.3, -0.25) is 0 Å². The fourth-order valence-electron chi connectivity index (χ4n) is 5.44. The summed E-state index contributed by atoms with van der Waals surface area (Å²) in [6.45, 7) is 4.59. The maximum Gasteiger partial charge on any atom is 0.322 e. The first-order valence-electron chi connectivity index (χ1n) is 13.2. The van der Waals surface area contributed by atoms with Crippen molar-refractivity contribution in [1.29, 1.82) is 0 Å². The van der Waals surface area contributed by atoms with Crippen molar-refractivity contribution in [2.75, 3.05) is 12.4 Å². The number of fused-ring (bicyclic) bond motifs is 3. The van der Waals surface area contributed by atoms with Crippen molar-refractivity contribution < 1.29 is 9.53 Å². The van der Waals surface area contributed by atoms with Crippen LogP contribution in [0, 0.1) is 6.92 Å². The van der Waals surface area contributed by atoms with E-state index in [4.69, 9.17) is 9.84 Å². The monoisotopic (exact) mass is 517 g/mol. The van der Waals surface area contributed by atoms with Crippen molar-refractivity contribution in [2.24, 2.45) is 0 Å². The molecule has 1 aliphatic rings. The van der Waals surface area contributed by atoms with Gasteiger partial charge in [-0.2, -0.15) is 5.10 Å². The summed E-state index contributed by atoms with van der Waals surface area (Å²) in [4.78, 5) is 16.1. The van der Waals surface area contributed by atoms with Crippen molar-refractivity contribution in [1.82, 2.24) is 19.2 Å². The van der Waals surface area contributed by atoms with E-state index < -0.39 is 0 Å². The molecule has 0 saturated carbocycles. The number of rotatable bonds is 5. The van der Waals surface area contributed by atoms with Crippen molar-refractivity contribution >= 4 is 11.7 Å². The van der Waals surface area contributed by atoms with Crippen LogP contribution in [0.25, 0.3) is 11.5 Å². The van der Waals surface area contributed by atoms with E-state index in [2.05, 4.69) is 72.4 Å². The minimum Gasteiger partial charge on any atom is -0.497 e. The molecule has 1 aliphatic heterocycles. The maximum absolute atomic E-state index is 14.1. The van der Waals surface area contributed by atoms with Crippen LogP contribution < -0.4 is 10.1 Å². The number of ether oxygens (including phenoxy) is 1. The minimum atomic E-state index is -0.313. The first kappa shape index (κ1) is 24.6. The van der Waals surface area contributed by atoms with Gasteiger partial charge in [-0.05, 0) is 55.3 Å². The number of amides is 2. The largest absolute Gasteiger partial charge is 0.497 e. The van der Waals surface area contributed by atoms with E-state index >= 15 is 0 Å². The zero-order valence-electron chi connectivity index (χ0n) is 22.3. The molecule has 196 valence electrons. The van der Waals surface area contributed by atoms with Gasteiger partial charge < -0.3 is 19.5 Å². The number of carbonyl (C=O) groups excluding carboxylic acids is 1. The number of nitrogens with one attached hydrogen (secondary N) is 1. The van der Waals surface area contributed by atoms with Gasteiger partial charge in [-0.1, -0.05) is 61.0 Å². The molecule has 2 amide bonds. The molecule has 39 heavy (non-hydrogen) atoms. The third-order valence-corrected chi connectivity index (χ3v) is 7.24. The molecular formula is C32H31N5O2. The summed E-state index contributed by atoms with van der Waals surface area (Å²) in [5.41, 5.74) is 6.86. The van der Waals surface area contributed by atoms with E-state index in [1.807, 2.05) is 58.1 Å². The Balaban J connectivity index is 1.54. The molecule has 6 rings (SSSR count). The van der Waals surface area contributed by atoms with Gasteiger partial charge in [0.2, 0.25) is 0 Å². The third kappa shape index (κ3) is 4.46. The van der Waals surface area contributed by atoms with Crippen molar-refractivity contribution in [3.05, 3.63) is 125 Å². The Labute approximate surface area is 228 Å². The van der Waals surface area contributed by atoms with Crippen LogP contribution in [0.5, 0.6) is 5.75 Å². The summed E-state index contributed by atoms with van der Waals surface area (Å²) >= 11 is 0. The van der Waals surface area contributed by atoms with E-state index in [1.54, 1.807) is 7.11 Å². The molecule has 5 aromatic rings. The molecular weight excluding hydrogens is 486 g/mol. The van der Waals surface area contributed by atoms with Gasteiger partial charge in [0.15, 0.2) is 0 Å². The number of benzene rings is 3. The van der Waals surface area contributed by atoms with E-state index in [0.29, 0.717) is 18.0 Å². The number of hydrogen-bond donors (Lipinski definition) is 1. The summed E-state index contributed by atoms with van der Waals surface area (Å²) in [5.74, 6) is 1.65. The second-order valence-electron chi connectivity index (χ2n) is 9.76. The summed E-state index contributed by atoms with van der Waals surface area (Å²) < 4.78 is 9.59. The van der Waals surface area contributed by atoms with E-state index in [0.717, 1.165) is 46.0 Å². The second-order valence-corrected chi connectivity index (χ2v) is 9.76. The highest BCUT2D eigenvalue weighted by Gasteiger charge is 2.36. The van der Waals surface area contributed by atoms with Gasteiger partial charge >= 0.3 is 6.03 Å². The lowest BCUT2D eigenvalue weighted by Crippen LogP contribution is -2.38. The predicted octanol–water partition coefficient (Wildman–Crippen LogP) is 6.68. The molecule has 0 radical (unpaired) electrons. The molecule has 1 N–H and O–H groups in total. The molecule has 0 bridgehead atoms. The molecule has 0 saturated heterocycles. The highest BCUT2D eigenvalue weighted by atomic mass is 16.5. The average molecular weight is 518 g/mol. The fourth-order valence-corrected chi connectivity index (χ4v) is 5.44. The number of urea groups is 1. The van der Waals surface area contributed by atoms with Crippen LogP contribution in [-0.2, 0) is 13.0 Å². The Morgan fingerprint density at radius 2 is 1.82 bits per heavy atom. The van der Waals surface area contributed by atoms with Crippen molar-refractivity contribution in [3.63, 3.8) is 0 Å². The first-order valence-corrected chi connectivity index (χ1v) is 13.2. The smallest absolute Gasteiger partial charge is 0.322 e. The Hall–Kier alpha value is -4.78. The molecule has 7 nitrogen and oxygen atoms in total. The predicted molar refractivity (Wildman–Crippen MR) is 153 cm³/mol. The zero-order valence-corrected chi connectivity index (χ0v) is 22.3. The van der Waals surface area contributed by atoms with Crippen LogP contribution in [0.3, 0.4) is 0 Å². The van der Waals surface area contributed by atoms with Crippen molar-refractivity contribution in [3.8, 4) is 17.3 Å². The van der Waals surface area contributed by atoms with Crippen molar-refractivity contribution in [2.45, 2.75) is 32.9 Å². The fraction of sp³-hybridized carbons (Fsp3) is 0.188. The Bertz CT molecular complexity index is 1640. The van der Waals surface area contributed by atoms with Crippen LogP contribution in [0.4, 0.5) is 10.5 Å². The number of anilines is 1. The molecule has 3 heterocycles. The van der Waals surface area contributed by atoms with Gasteiger partial charge in [-0.25, -0.2) is 9.48 Å². The SMILES string of the molecule is CCc1nn(-c2ccccc2)c2c1CN(C(=O)Nc1cccc(OC)c1)[C@@H](c1cccc(C)c1)c1cccn1-2. The molecule has 0 spiro atoms. The van der Waals surface area contributed by atoms with E-state index in [-0.39, 0.29) is 12.1 Å².